The van der Waals surface area contributed by atoms with Crippen LogP contribution < -0.4 is 4.74 Å². The number of methoxy groups -OCH3 is 1. The summed E-state index contributed by atoms with van der Waals surface area (Å²) in [5, 5.41) is 5.73. The SMILES string of the molecule is COCCCOc1cccc2c3n(nc12)CCN=C3. The summed E-state index contributed by atoms with van der Waals surface area (Å²) in [5.41, 5.74) is 1.99. The summed E-state index contributed by atoms with van der Waals surface area (Å²) < 4.78 is 12.8. The zero-order valence-electron chi connectivity index (χ0n) is 11.0. The van der Waals surface area contributed by atoms with E-state index in [0.29, 0.717) is 13.2 Å². The molecule has 0 unspecified atom stereocenters. The van der Waals surface area contributed by atoms with Gasteiger partial charge in [0.1, 0.15) is 11.3 Å². The molecule has 2 aromatic rings. The second kappa shape index (κ2) is 5.40. The third kappa shape index (κ3) is 2.33. The van der Waals surface area contributed by atoms with Crippen LogP contribution in [0.3, 0.4) is 0 Å². The van der Waals surface area contributed by atoms with E-state index in [1.807, 2.05) is 23.0 Å². The zero-order chi connectivity index (χ0) is 13.1. The van der Waals surface area contributed by atoms with E-state index in [1.165, 1.54) is 0 Å². The summed E-state index contributed by atoms with van der Waals surface area (Å²) in [4.78, 5) is 4.31. The van der Waals surface area contributed by atoms with E-state index in [4.69, 9.17) is 9.47 Å². The van der Waals surface area contributed by atoms with E-state index in [-0.39, 0.29) is 0 Å². The van der Waals surface area contributed by atoms with Crippen LogP contribution in [0, 0.1) is 0 Å². The first-order valence-corrected chi connectivity index (χ1v) is 6.51. The van der Waals surface area contributed by atoms with Crippen LogP contribution in [0.15, 0.2) is 23.2 Å². The fourth-order valence-corrected chi connectivity index (χ4v) is 2.26. The molecule has 5 heteroatoms. The van der Waals surface area contributed by atoms with Gasteiger partial charge in [-0.05, 0) is 6.07 Å². The molecule has 1 aromatic carbocycles. The fraction of sp³-hybridized carbons (Fsp3) is 0.429. The van der Waals surface area contributed by atoms with Crippen LogP contribution in [0.5, 0.6) is 5.75 Å². The minimum atomic E-state index is 0.642. The molecule has 0 aliphatic carbocycles. The van der Waals surface area contributed by atoms with Gasteiger partial charge in [-0.25, -0.2) is 0 Å². The maximum absolute atomic E-state index is 5.80. The number of fused-ring (bicyclic) bond motifs is 3. The van der Waals surface area contributed by atoms with Gasteiger partial charge in [0.15, 0.2) is 0 Å². The summed E-state index contributed by atoms with van der Waals surface area (Å²) in [6.07, 6.45) is 2.77. The second-order valence-corrected chi connectivity index (χ2v) is 4.49. The van der Waals surface area contributed by atoms with E-state index in [2.05, 4.69) is 16.2 Å². The molecule has 0 spiro atoms. The Kier molecular flexibility index (Phi) is 3.46. The van der Waals surface area contributed by atoms with Crippen LogP contribution >= 0.6 is 0 Å². The van der Waals surface area contributed by atoms with Gasteiger partial charge in [0, 0.05) is 31.7 Å². The van der Waals surface area contributed by atoms with Gasteiger partial charge in [0.2, 0.25) is 0 Å². The molecule has 0 saturated carbocycles. The predicted octanol–water partition coefficient (Wildman–Crippen LogP) is 1.88. The molecule has 1 aromatic heterocycles. The lowest BCUT2D eigenvalue weighted by molar-refractivity contribution is 0.172. The Hall–Kier alpha value is -1.88. The van der Waals surface area contributed by atoms with E-state index >= 15 is 0 Å². The van der Waals surface area contributed by atoms with Crippen molar-refractivity contribution in [2.24, 2.45) is 4.99 Å². The van der Waals surface area contributed by atoms with Gasteiger partial charge in [-0.3, -0.25) is 9.67 Å². The number of aliphatic imine (C=N–C) groups is 1. The Morgan fingerprint density at radius 1 is 1.32 bits per heavy atom. The molecule has 2 heterocycles. The first kappa shape index (κ1) is 12.2. The van der Waals surface area contributed by atoms with Crippen LogP contribution in [0.25, 0.3) is 10.9 Å². The molecule has 0 N–H and O–H groups in total. The average Bonchev–Trinajstić information content (AvgIpc) is 2.83. The van der Waals surface area contributed by atoms with E-state index in [1.54, 1.807) is 7.11 Å². The smallest absolute Gasteiger partial charge is 0.147 e. The molecule has 0 saturated heterocycles. The second-order valence-electron chi connectivity index (χ2n) is 4.49. The number of aromatic nitrogens is 2. The number of hydrogen-bond acceptors (Lipinski definition) is 4. The molecule has 0 atom stereocenters. The Morgan fingerprint density at radius 3 is 3.16 bits per heavy atom. The monoisotopic (exact) mass is 259 g/mol. The van der Waals surface area contributed by atoms with Crippen LogP contribution in [-0.2, 0) is 11.3 Å². The molecule has 0 bridgehead atoms. The first-order valence-electron chi connectivity index (χ1n) is 6.51. The van der Waals surface area contributed by atoms with Crippen molar-refractivity contribution in [3.8, 4) is 5.75 Å². The maximum atomic E-state index is 5.80. The summed E-state index contributed by atoms with van der Waals surface area (Å²) >= 11 is 0. The molecule has 0 amide bonds. The van der Waals surface area contributed by atoms with Crippen LogP contribution in [0.1, 0.15) is 12.1 Å². The lowest BCUT2D eigenvalue weighted by atomic mass is 10.2. The van der Waals surface area contributed by atoms with Crippen molar-refractivity contribution >= 4 is 17.1 Å². The van der Waals surface area contributed by atoms with E-state index < -0.39 is 0 Å². The molecule has 5 nitrogen and oxygen atoms in total. The molecule has 3 rings (SSSR count). The number of ether oxygens (including phenoxy) is 2. The van der Waals surface area contributed by atoms with Gasteiger partial charge >= 0.3 is 0 Å². The lowest BCUT2D eigenvalue weighted by Crippen LogP contribution is -2.11. The van der Waals surface area contributed by atoms with Crippen molar-refractivity contribution in [2.75, 3.05) is 26.9 Å². The quantitative estimate of drug-likeness (QED) is 0.770. The summed E-state index contributed by atoms with van der Waals surface area (Å²) in [7, 11) is 1.70. The van der Waals surface area contributed by atoms with Crippen LogP contribution in [-0.4, -0.2) is 42.9 Å². The molecule has 1 aliphatic rings. The van der Waals surface area contributed by atoms with E-state index in [9.17, 15) is 0 Å². The van der Waals surface area contributed by atoms with Crippen LogP contribution in [0.2, 0.25) is 0 Å². The van der Waals surface area contributed by atoms with Crippen molar-refractivity contribution in [3.63, 3.8) is 0 Å². The van der Waals surface area contributed by atoms with Crippen molar-refractivity contribution in [1.82, 2.24) is 9.78 Å². The van der Waals surface area contributed by atoms with Gasteiger partial charge in [-0.2, -0.15) is 5.10 Å². The minimum absolute atomic E-state index is 0.642. The highest BCUT2D eigenvalue weighted by molar-refractivity contribution is 5.99. The van der Waals surface area contributed by atoms with Gasteiger partial charge < -0.3 is 9.47 Å². The molecule has 19 heavy (non-hydrogen) atoms. The lowest BCUT2D eigenvalue weighted by Gasteiger charge is -2.06. The van der Waals surface area contributed by atoms with Crippen molar-refractivity contribution in [1.29, 1.82) is 0 Å². The Bertz CT molecular complexity index is 604. The molecule has 1 aliphatic heterocycles. The highest BCUT2D eigenvalue weighted by Gasteiger charge is 2.15. The third-order valence-electron chi connectivity index (χ3n) is 3.18. The molecular formula is C14H17N3O2. The standard InChI is InChI=1S/C14H17N3O2/c1-18-8-3-9-19-13-5-2-4-11-12-10-15-6-7-17(12)16-14(11)13/h2,4-5,10H,3,6-9H2,1H3. The van der Waals surface area contributed by atoms with Crippen LogP contribution in [0.4, 0.5) is 0 Å². The zero-order valence-corrected chi connectivity index (χ0v) is 11.0. The largest absolute Gasteiger partial charge is 0.491 e. The van der Waals surface area contributed by atoms with Gasteiger partial charge in [0.25, 0.3) is 0 Å². The van der Waals surface area contributed by atoms with E-state index in [0.717, 1.165) is 41.9 Å². The summed E-state index contributed by atoms with van der Waals surface area (Å²) in [5.74, 6) is 0.837. The molecular weight excluding hydrogens is 242 g/mol. The molecule has 0 radical (unpaired) electrons. The first-order chi connectivity index (χ1) is 9.40. The molecule has 100 valence electrons. The summed E-state index contributed by atoms with van der Waals surface area (Å²) in [6, 6.07) is 6.03. The van der Waals surface area contributed by atoms with Gasteiger partial charge in [-0.15, -0.1) is 0 Å². The van der Waals surface area contributed by atoms with Crippen molar-refractivity contribution < 1.29 is 9.47 Å². The number of benzene rings is 1. The highest BCUT2D eigenvalue weighted by Crippen LogP contribution is 2.27. The summed E-state index contributed by atoms with van der Waals surface area (Å²) in [6.45, 7) is 2.99. The Morgan fingerprint density at radius 2 is 2.26 bits per heavy atom. The van der Waals surface area contributed by atoms with Gasteiger partial charge in [0.05, 0.1) is 25.4 Å². The normalized spacial score (nSPS) is 13.7. The third-order valence-corrected chi connectivity index (χ3v) is 3.18. The number of nitrogens with zero attached hydrogens (tertiary/aromatic N) is 3. The average molecular weight is 259 g/mol. The fourth-order valence-electron chi connectivity index (χ4n) is 2.26. The minimum Gasteiger partial charge on any atom is -0.491 e. The Balaban J connectivity index is 1.89. The Labute approximate surface area is 111 Å². The highest BCUT2D eigenvalue weighted by atomic mass is 16.5. The number of hydrogen-bond donors (Lipinski definition) is 0. The molecule has 0 fully saturated rings. The van der Waals surface area contributed by atoms with Crippen molar-refractivity contribution in [2.45, 2.75) is 13.0 Å². The van der Waals surface area contributed by atoms with Crippen molar-refractivity contribution in [3.05, 3.63) is 23.9 Å². The number of rotatable bonds is 5. The maximum Gasteiger partial charge on any atom is 0.147 e. The van der Waals surface area contributed by atoms with Gasteiger partial charge in [-0.1, -0.05) is 12.1 Å². The topological polar surface area (TPSA) is 48.6 Å². The predicted molar refractivity (Wildman–Crippen MR) is 74.2 cm³/mol.